The lowest BCUT2D eigenvalue weighted by atomic mass is 9.86. The first kappa shape index (κ1) is 21.1. The zero-order valence-electron chi connectivity index (χ0n) is 17.4. The summed E-state index contributed by atoms with van der Waals surface area (Å²) in [5, 5.41) is 24.2. The number of fused-ring (bicyclic) bond motifs is 5. The molecule has 1 aliphatic carbocycles. The third-order valence-corrected chi connectivity index (χ3v) is 6.58. The highest BCUT2D eigenvalue weighted by Crippen LogP contribution is 2.41. The number of rotatable bonds is 2. The molecule has 3 aromatic rings. The molecule has 3 unspecified atom stereocenters. The van der Waals surface area contributed by atoms with Gasteiger partial charge >= 0.3 is 6.18 Å². The highest BCUT2D eigenvalue weighted by atomic mass is 19.4. The van der Waals surface area contributed by atoms with E-state index in [0.29, 0.717) is 27.8 Å². The van der Waals surface area contributed by atoms with Gasteiger partial charge in [-0.1, -0.05) is 31.1 Å². The molecule has 5 rings (SSSR count). The van der Waals surface area contributed by atoms with Crippen LogP contribution in [-0.4, -0.2) is 27.5 Å². The van der Waals surface area contributed by atoms with Crippen molar-refractivity contribution < 1.29 is 23.4 Å². The Morgan fingerprint density at radius 3 is 2.59 bits per heavy atom. The maximum absolute atomic E-state index is 13.3. The molecule has 4 N–H and O–H groups in total. The third kappa shape index (κ3) is 3.91. The van der Waals surface area contributed by atoms with Gasteiger partial charge in [0.05, 0.1) is 17.4 Å². The molecule has 168 valence electrons. The number of benzene rings is 2. The van der Waals surface area contributed by atoms with Crippen molar-refractivity contribution in [2.75, 3.05) is 5.32 Å². The van der Waals surface area contributed by atoms with E-state index in [1.54, 1.807) is 0 Å². The van der Waals surface area contributed by atoms with E-state index >= 15 is 0 Å². The Labute approximate surface area is 183 Å². The maximum atomic E-state index is 13.3. The fourth-order valence-electron chi connectivity index (χ4n) is 4.89. The molecule has 0 saturated heterocycles. The number of aliphatic hydroxyl groups excluding tert-OH is 2. The lowest BCUT2D eigenvalue weighted by molar-refractivity contribution is -0.137. The molecule has 1 fully saturated rings. The van der Waals surface area contributed by atoms with Gasteiger partial charge in [-0.2, -0.15) is 13.2 Å². The van der Waals surface area contributed by atoms with Gasteiger partial charge in [0, 0.05) is 34.5 Å². The quantitative estimate of drug-likeness (QED) is 0.411. The predicted molar refractivity (Wildman–Crippen MR) is 119 cm³/mol. The van der Waals surface area contributed by atoms with Crippen LogP contribution in [0.4, 0.5) is 18.9 Å². The number of aromatic nitrogens is 1. The summed E-state index contributed by atoms with van der Waals surface area (Å²) in [6.45, 7) is 0. The number of halogens is 3. The molecule has 3 atom stereocenters. The third-order valence-electron chi connectivity index (χ3n) is 6.58. The first-order valence-corrected chi connectivity index (χ1v) is 11.0. The van der Waals surface area contributed by atoms with Crippen LogP contribution in [0.3, 0.4) is 0 Å². The van der Waals surface area contributed by atoms with Crippen LogP contribution in [0.5, 0.6) is 0 Å². The van der Waals surface area contributed by atoms with E-state index in [-0.39, 0.29) is 18.4 Å². The Bertz CT molecular complexity index is 1180. The average molecular weight is 442 g/mol. The van der Waals surface area contributed by atoms with Gasteiger partial charge in [0.15, 0.2) is 0 Å². The zero-order chi connectivity index (χ0) is 22.5. The minimum atomic E-state index is -4.43. The molecule has 32 heavy (non-hydrogen) atoms. The Kier molecular flexibility index (Phi) is 5.26. The highest BCUT2D eigenvalue weighted by molar-refractivity contribution is 5.95. The van der Waals surface area contributed by atoms with Crippen molar-refractivity contribution in [2.24, 2.45) is 5.92 Å². The Morgan fingerprint density at radius 1 is 1.00 bits per heavy atom. The second-order valence-corrected chi connectivity index (χ2v) is 8.78. The molecule has 0 spiro atoms. The lowest BCUT2D eigenvalue weighted by Gasteiger charge is -2.24. The summed E-state index contributed by atoms with van der Waals surface area (Å²) in [7, 11) is 0. The van der Waals surface area contributed by atoms with Crippen molar-refractivity contribution in [3.05, 3.63) is 59.2 Å². The van der Waals surface area contributed by atoms with Crippen molar-refractivity contribution in [3.63, 3.8) is 0 Å². The van der Waals surface area contributed by atoms with Gasteiger partial charge in [0.1, 0.15) is 6.23 Å². The number of hydrogen-bond acceptors (Lipinski definition) is 3. The number of nitrogens with one attached hydrogen (secondary N) is 2. The standard InChI is InChI=1S/C25H25F3N2O2/c26-25(27,28)16-8-10-20-17(12-16)18-13-23(32)29-21-9-6-14(11-19(21)24(18)30-20)5-7-15-3-1-2-4-22(15)31/h5-12,15,22-23,29-32H,1-4,13H2. The fourth-order valence-corrected chi connectivity index (χ4v) is 4.89. The molecule has 2 heterocycles. The minimum Gasteiger partial charge on any atom is -0.393 e. The molecule has 1 aromatic heterocycles. The summed E-state index contributed by atoms with van der Waals surface area (Å²) in [5.74, 6) is 0.131. The molecule has 0 bridgehead atoms. The SMILES string of the molecule is OC1Cc2c([nH]c3ccc(C(F)(F)F)cc23)-c2cc(C=CC3CCCCC3O)ccc2N1. The average Bonchev–Trinajstić information content (AvgIpc) is 3.04. The van der Waals surface area contributed by atoms with Crippen LogP contribution in [-0.2, 0) is 12.6 Å². The summed E-state index contributed by atoms with van der Waals surface area (Å²) in [5.41, 5.74) is 3.72. The number of aromatic amines is 1. The maximum Gasteiger partial charge on any atom is 0.416 e. The van der Waals surface area contributed by atoms with Crippen molar-refractivity contribution >= 4 is 22.7 Å². The highest BCUT2D eigenvalue weighted by Gasteiger charge is 2.32. The van der Waals surface area contributed by atoms with Gasteiger partial charge in [-0.05, 0) is 54.3 Å². The van der Waals surface area contributed by atoms with E-state index < -0.39 is 18.0 Å². The van der Waals surface area contributed by atoms with Gasteiger partial charge < -0.3 is 20.5 Å². The van der Waals surface area contributed by atoms with Crippen molar-refractivity contribution in [3.8, 4) is 11.3 Å². The largest absolute Gasteiger partial charge is 0.416 e. The second-order valence-electron chi connectivity index (χ2n) is 8.78. The molecule has 1 aliphatic heterocycles. The smallest absolute Gasteiger partial charge is 0.393 e. The summed E-state index contributed by atoms with van der Waals surface area (Å²) >= 11 is 0. The Morgan fingerprint density at radius 2 is 1.81 bits per heavy atom. The molecule has 2 aromatic carbocycles. The van der Waals surface area contributed by atoms with Crippen molar-refractivity contribution in [1.29, 1.82) is 0 Å². The molecular formula is C25H25F3N2O2. The second kappa shape index (κ2) is 7.98. The topological polar surface area (TPSA) is 68.3 Å². The van der Waals surface area contributed by atoms with Gasteiger partial charge in [0.25, 0.3) is 0 Å². The monoisotopic (exact) mass is 442 g/mol. The summed E-state index contributed by atoms with van der Waals surface area (Å²) in [6.07, 6.45) is 2.50. The van der Waals surface area contributed by atoms with Crippen molar-refractivity contribution in [2.45, 2.75) is 50.6 Å². The van der Waals surface area contributed by atoms with Crippen LogP contribution in [0, 0.1) is 5.92 Å². The summed E-state index contributed by atoms with van der Waals surface area (Å²) < 4.78 is 39.8. The Balaban J connectivity index is 1.58. The van der Waals surface area contributed by atoms with Crippen LogP contribution in [0.25, 0.3) is 28.2 Å². The first-order chi connectivity index (χ1) is 15.3. The molecule has 0 amide bonds. The van der Waals surface area contributed by atoms with Crippen molar-refractivity contribution in [1.82, 2.24) is 4.98 Å². The lowest BCUT2D eigenvalue weighted by Crippen LogP contribution is -2.22. The molecule has 4 nitrogen and oxygen atoms in total. The van der Waals surface area contributed by atoms with Crippen LogP contribution in [0.2, 0.25) is 0 Å². The summed E-state index contributed by atoms with van der Waals surface area (Å²) in [4.78, 5) is 3.27. The van der Waals surface area contributed by atoms with E-state index in [0.717, 1.165) is 48.9 Å². The van der Waals surface area contributed by atoms with E-state index in [2.05, 4.69) is 10.3 Å². The zero-order valence-corrected chi connectivity index (χ0v) is 17.4. The van der Waals surface area contributed by atoms with Gasteiger partial charge in [-0.3, -0.25) is 0 Å². The minimum absolute atomic E-state index is 0.131. The number of alkyl halides is 3. The Hall–Kier alpha value is -2.77. The summed E-state index contributed by atoms with van der Waals surface area (Å²) in [6, 6.07) is 9.43. The van der Waals surface area contributed by atoms with Gasteiger partial charge in [0.2, 0.25) is 0 Å². The molecule has 2 aliphatic rings. The van der Waals surface area contributed by atoms with Crippen LogP contribution >= 0.6 is 0 Å². The number of H-pyrrole nitrogens is 1. The number of aliphatic hydroxyl groups is 2. The fraction of sp³-hybridized carbons (Fsp3) is 0.360. The normalized spacial score (nSPS) is 23.6. The van der Waals surface area contributed by atoms with E-state index in [4.69, 9.17) is 0 Å². The van der Waals surface area contributed by atoms with Crippen LogP contribution in [0.15, 0.2) is 42.5 Å². The molecule has 0 radical (unpaired) electrons. The first-order valence-electron chi connectivity index (χ1n) is 11.0. The van der Waals surface area contributed by atoms with E-state index in [1.165, 1.54) is 6.07 Å². The molecular weight excluding hydrogens is 417 g/mol. The van der Waals surface area contributed by atoms with E-state index in [1.807, 2.05) is 30.4 Å². The number of hydrogen-bond donors (Lipinski definition) is 4. The predicted octanol–water partition coefficient (Wildman–Crippen LogP) is 5.70. The van der Waals surface area contributed by atoms with Gasteiger partial charge in [-0.15, -0.1) is 0 Å². The van der Waals surface area contributed by atoms with Crippen LogP contribution < -0.4 is 5.32 Å². The molecule has 1 saturated carbocycles. The van der Waals surface area contributed by atoms with E-state index in [9.17, 15) is 23.4 Å². The number of anilines is 1. The van der Waals surface area contributed by atoms with Crippen LogP contribution in [0.1, 0.15) is 42.4 Å². The van der Waals surface area contributed by atoms with Gasteiger partial charge in [-0.25, -0.2) is 0 Å². The molecule has 7 heteroatoms.